The van der Waals surface area contributed by atoms with E-state index in [-0.39, 0.29) is 0 Å². The second kappa shape index (κ2) is 4.80. The Morgan fingerprint density at radius 1 is 1.00 bits per heavy atom. The van der Waals surface area contributed by atoms with Crippen molar-refractivity contribution in [3.63, 3.8) is 0 Å². The summed E-state index contributed by atoms with van der Waals surface area (Å²) in [5.41, 5.74) is 4.26. The van der Waals surface area contributed by atoms with Gasteiger partial charge < -0.3 is 0 Å². The zero-order valence-corrected chi connectivity index (χ0v) is 7.91. The lowest BCUT2D eigenvalue weighted by Crippen LogP contribution is -1.86. The summed E-state index contributed by atoms with van der Waals surface area (Å²) in [6.07, 6.45) is 6.69. The van der Waals surface area contributed by atoms with Gasteiger partial charge in [0.25, 0.3) is 0 Å². The fraction of sp³-hybridized carbons (Fsp3) is 0. The smallest absolute Gasteiger partial charge is 0.106 e. The molecule has 0 saturated heterocycles. The van der Waals surface area contributed by atoms with E-state index < -0.39 is 0 Å². The highest BCUT2D eigenvalue weighted by atomic mass is 15.4. The average Bonchev–Trinajstić information content (AvgIpc) is 2.32. The number of aromatic nitrogens is 2. The van der Waals surface area contributed by atoms with E-state index in [0.717, 1.165) is 5.69 Å². The first kappa shape index (κ1) is 9.26. The molecule has 15 heavy (non-hydrogen) atoms. The van der Waals surface area contributed by atoms with Crippen LogP contribution in [0.4, 0.5) is 11.4 Å². The van der Waals surface area contributed by atoms with Crippen LogP contribution in [-0.2, 0) is 0 Å². The summed E-state index contributed by atoms with van der Waals surface area (Å²) in [5.74, 6) is 0. The van der Waals surface area contributed by atoms with Crippen molar-refractivity contribution in [1.29, 1.82) is 0 Å². The molecule has 0 spiro atoms. The molecule has 0 aromatic carbocycles. The normalized spacial score (nSPS) is 10.4. The lowest BCUT2D eigenvalue weighted by molar-refractivity contribution is 1.11. The van der Waals surface area contributed by atoms with Crippen LogP contribution in [0.25, 0.3) is 0 Å². The molecule has 0 aliphatic carbocycles. The van der Waals surface area contributed by atoms with Crippen LogP contribution < -0.4 is 5.43 Å². The van der Waals surface area contributed by atoms with Crippen LogP contribution in [0.2, 0.25) is 0 Å². The minimum atomic E-state index is 0.703. The summed E-state index contributed by atoms with van der Waals surface area (Å²) in [5, 5.41) is 7.73. The van der Waals surface area contributed by atoms with Gasteiger partial charge >= 0.3 is 0 Å². The van der Waals surface area contributed by atoms with Crippen molar-refractivity contribution in [2.45, 2.75) is 0 Å². The van der Waals surface area contributed by atoms with Crippen LogP contribution in [0.5, 0.6) is 0 Å². The molecule has 1 N–H and O–H groups in total. The van der Waals surface area contributed by atoms with Gasteiger partial charge in [-0.05, 0) is 24.3 Å². The van der Waals surface area contributed by atoms with Gasteiger partial charge in [0.2, 0.25) is 0 Å². The van der Waals surface area contributed by atoms with E-state index in [0.29, 0.717) is 5.69 Å². The van der Waals surface area contributed by atoms with Gasteiger partial charge in [0.15, 0.2) is 0 Å². The number of hydrogen-bond donors (Lipinski definition) is 1. The molecule has 5 heteroatoms. The molecule has 0 fully saturated rings. The van der Waals surface area contributed by atoms with Crippen molar-refractivity contribution in [1.82, 2.24) is 9.97 Å². The van der Waals surface area contributed by atoms with E-state index in [2.05, 4.69) is 25.7 Å². The van der Waals surface area contributed by atoms with Crippen LogP contribution in [0.15, 0.2) is 59.4 Å². The van der Waals surface area contributed by atoms with Crippen LogP contribution in [0, 0.1) is 0 Å². The fourth-order valence-corrected chi connectivity index (χ4v) is 0.982. The standard InChI is InChI=1S/C10H9N5/c1-3-9(7-11-5-1)13-15-14-10-4-2-6-12-8-10/h1-8H,(H,13,14). The lowest BCUT2D eigenvalue weighted by Gasteiger charge is -1.95. The Hall–Kier alpha value is -2.30. The molecule has 0 atom stereocenters. The third kappa shape index (κ3) is 2.84. The highest BCUT2D eigenvalue weighted by molar-refractivity contribution is 5.38. The first-order valence-electron chi connectivity index (χ1n) is 4.42. The fourth-order valence-electron chi connectivity index (χ4n) is 0.982. The maximum absolute atomic E-state index is 3.93. The summed E-state index contributed by atoms with van der Waals surface area (Å²) >= 11 is 0. The molecule has 2 aromatic heterocycles. The summed E-state index contributed by atoms with van der Waals surface area (Å²) < 4.78 is 0. The number of nitrogens with one attached hydrogen (secondary N) is 1. The Kier molecular flexibility index (Phi) is 2.97. The second-order valence-electron chi connectivity index (χ2n) is 2.76. The predicted octanol–water partition coefficient (Wildman–Crippen LogP) is 2.59. The number of pyridine rings is 2. The lowest BCUT2D eigenvalue weighted by atomic mass is 10.4. The molecule has 0 bridgehead atoms. The van der Waals surface area contributed by atoms with Gasteiger partial charge in [-0.3, -0.25) is 15.4 Å². The first-order valence-corrected chi connectivity index (χ1v) is 4.42. The van der Waals surface area contributed by atoms with E-state index in [1.807, 2.05) is 18.2 Å². The Morgan fingerprint density at radius 3 is 2.47 bits per heavy atom. The van der Waals surface area contributed by atoms with Gasteiger partial charge in [0, 0.05) is 12.4 Å². The minimum absolute atomic E-state index is 0.703. The SMILES string of the molecule is c1cncc(N=NNc2cccnc2)c1. The Balaban J connectivity index is 1.97. The van der Waals surface area contributed by atoms with Crippen molar-refractivity contribution in [3.8, 4) is 0 Å². The highest BCUT2D eigenvalue weighted by Gasteiger charge is 1.87. The quantitative estimate of drug-likeness (QED) is 0.610. The van der Waals surface area contributed by atoms with Crippen molar-refractivity contribution in [2.75, 3.05) is 5.43 Å². The van der Waals surface area contributed by atoms with Crippen molar-refractivity contribution < 1.29 is 0 Å². The van der Waals surface area contributed by atoms with Gasteiger partial charge in [-0.15, -0.1) is 5.11 Å². The topological polar surface area (TPSA) is 62.5 Å². The van der Waals surface area contributed by atoms with Crippen LogP contribution in [-0.4, -0.2) is 9.97 Å². The Bertz CT molecular complexity index is 426. The number of rotatable bonds is 3. The van der Waals surface area contributed by atoms with Crippen molar-refractivity contribution in [2.24, 2.45) is 10.3 Å². The summed E-state index contributed by atoms with van der Waals surface area (Å²) in [6.45, 7) is 0. The van der Waals surface area contributed by atoms with Crippen molar-refractivity contribution >= 4 is 11.4 Å². The third-order valence-electron chi connectivity index (χ3n) is 1.65. The molecule has 5 nitrogen and oxygen atoms in total. The molecule has 2 rings (SSSR count). The summed E-state index contributed by atoms with van der Waals surface area (Å²) in [6, 6.07) is 7.30. The number of nitrogens with zero attached hydrogens (tertiary/aromatic N) is 4. The molecule has 0 unspecified atom stereocenters. The molecular weight excluding hydrogens is 190 g/mol. The van der Waals surface area contributed by atoms with E-state index >= 15 is 0 Å². The van der Waals surface area contributed by atoms with Gasteiger partial charge in [0.05, 0.1) is 18.1 Å². The Morgan fingerprint density at radius 2 is 1.80 bits per heavy atom. The molecule has 0 radical (unpaired) electrons. The molecule has 74 valence electrons. The largest absolute Gasteiger partial charge is 0.263 e. The molecule has 0 aliphatic heterocycles. The van der Waals surface area contributed by atoms with Gasteiger partial charge in [0.1, 0.15) is 5.69 Å². The first-order chi connectivity index (χ1) is 7.45. The summed E-state index contributed by atoms with van der Waals surface area (Å²) in [7, 11) is 0. The number of hydrogen-bond acceptors (Lipinski definition) is 4. The maximum Gasteiger partial charge on any atom is 0.106 e. The van der Waals surface area contributed by atoms with Crippen molar-refractivity contribution in [3.05, 3.63) is 49.1 Å². The third-order valence-corrected chi connectivity index (χ3v) is 1.65. The van der Waals surface area contributed by atoms with Crippen LogP contribution in [0.3, 0.4) is 0 Å². The average molecular weight is 199 g/mol. The van der Waals surface area contributed by atoms with Gasteiger partial charge in [-0.25, -0.2) is 0 Å². The van der Waals surface area contributed by atoms with E-state index in [1.54, 1.807) is 30.9 Å². The molecule has 2 aromatic rings. The van der Waals surface area contributed by atoms with E-state index in [9.17, 15) is 0 Å². The zero-order valence-electron chi connectivity index (χ0n) is 7.91. The number of anilines is 1. The highest BCUT2D eigenvalue weighted by Crippen LogP contribution is 2.09. The molecule has 2 heterocycles. The second-order valence-corrected chi connectivity index (χ2v) is 2.76. The van der Waals surface area contributed by atoms with E-state index in [1.165, 1.54) is 0 Å². The zero-order chi connectivity index (χ0) is 10.3. The molecule has 0 amide bonds. The van der Waals surface area contributed by atoms with Crippen LogP contribution in [0.1, 0.15) is 0 Å². The predicted molar refractivity (Wildman–Crippen MR) is 56.6 cm³/mol. The van der Waals surface area contributed by atoms with E-state index in [4.69, 9.17) is 0 Å². The van der Waals surface area contributed by atoms with Gasteiger partial charge in [-0.2, -0.15) is 0 Å². The maximum atomic E-state index is 3.93. The molecule has 0 aliphatic rings. The van der Waals surface area contributed by atoms with Crippen LogP contribution >= 0.6 is 0 Å². The van der Waals surface area contributed by atoms with Gasteiger partial charge in [-0.1, -0.05) is 5.22 Å². The summed E-state index contributed by atoms with van der Waals surface area (Å²) in [4.78, 5) is 7.85. The monoisotopic (exact) mass is 199 g/mol. The Labute approximate surface area is 86.9 Å². The molecular formula is C10H9N5. The minimum Gasteiger partial charge on any atom is -0.263 e. The molecule has 0 saturated carbocycles.